The predicted octanol–water partition coefficient (Wildman–Crippen LogP) is 2.22. The Bertz CT molecular complexity index is 889. The van der Waals surface area contributed by atoms with Crippen molar-refractivity contribution in [3.63, 3.8) is 0 Å². The molecule has 3 aromatic rings. The molecule has 0 bridgehead atoms. The van der Waals surface area contributed by atoms with Gasteiger partial charge in [0.25, 0.3) is 0 Å². The molecular formula is C17H18N4O2S. The van der Waals surface area contributed by atoms with E-state index in [-0.39, 0.29) is 11.2 Å². The van der Waals surface area contributed by atoms with Gasteiger partial charge >= 0.3 is 0 Å². The Morgan fingerprint density at radius 2 is 1.96 bits per heavy atom. The molecular weight excluding hydrogens is 324 g/mol. The van der Waals surface area contributed by atoms with Gasteiger partial charge in [0.05, 0.1) is 24.0 Å². The van der Waals surface area contributed by atoms with Crippen molar-refractivity contribution in [2.24, 2.45) is 0 Å². The van der Waals surface area contributed by atoms with Crippen molar-refractivity contribution in [2.75, 3.05) is 26.3 Å². The molecule has 124 valence electrons. The van der Waals surface area contributed by atoms with Gasteiger partial charge in [-0.15, -0.1) is 10.2 Å². The van der Waals surface area contributed by atoms with Crippen LogP contribution in [0.5, 0.6) is 0 Å². The van der Waals surface area contributed by atoms with Crippen molar-refractivity contribution in [2.45, 2.75) is 17.3 Å². The molecule has 1 fully saturated rings. The molecule has 24 heavy (non-hydrogen) atoms. The minimum Gasteiger partial charge on any atom is -0.378 e. The lowest BCUT2D eigenvalue weighted by Crippen LogP contribution is -2.44. The molecule has 0 aliphatic carbocycles. The van der Waals surface area contributed by atoms with E-state index in [1.54, 1.807) is 0 Å². The Labute approximate surface area is 143 Å². The number of carbonyl (C=O) groups is 1. The van der Waals surface area contributed by atoms with Crippen LogP contribution in [0.3, 0.4) is 0 Å². The first-order valence-corrected chi connectivity index (χ1v) is 8.88. The molecule has 1 saturated heterocycles. The number of carbonyl (C=O) groups excluding carboxylic acids is 1. The number of nitrogens with zero attached hydrogens (tertiary/aromatic N) is 4. The summed E-state index contributed by atoms with van der Waals surface area (Å²) in [6.45, 7) is 4.47. The average molecular weight is 342 g/mol. The van der Waals surface area contributed by atoms with Gasteiger partial charge in [-0.1, -0.05) is 30.0 Å². The fourth-order valence-electron chi connectivity index (χ4n) is 2.94. The maximum absolute atomic E-state index is 12.6. The molecule has 0 spiro atoms. The summed E-state index contributed by atoms with van der Waals surface area (Å²) in [5.74, 6) is 0.125. The summed E-state index contributed by atoms with van der Waals surface area (Å²) in [6.07, 6.45) is 0. The Kier molecular flexibility index (Phi) is 4.12. The van der Waals surface area contributed by atoms with Gasteiger partial charge in [0.2, 0.25) is 5.91 Å². The lowest BCUT2D eigenvalue weighted by Gasteiger charge is -2.28. The topological polar surface area (TPSA) is 59.7 Å². The second kappa shape index (κ2) is 6.41. The minimum atomic E-state index is -0.213. The van der Waals surface area contributed by atoms with E-state index in [1.807, 2.05) is 46.6 Å². The largest absolute Gasteiger partial charge is 0.378 e. The highest BCUT2D eigenvalue weighted by atomic mass is 32.2. The number of rotatable bonds is 3. The molecule has 0 unspecified atom stereocenters. The summed E-state index contributed by atoms with van der Waals surface area (Å²) >= 11 is 1.45. The molecule has 4 rings (SSSR count). The number of fused-ring (bicyclic) bond motifs is 3. The van der Waals surface area contributed by atoms with E-state index in [4.69, 9.17) is 4.74 Å². The van der Waals surface area contributed by atoms with E-state index in [2.05, 4.69) is 16.3 Å². The third kappa shape index (κ3) is 2.74. The van der Waals surface area contributed by atoms with Crippen LogP contribution in [0.15, 0.2) is 41.6 Å². The number of hydrogen-bond acceptors (Lipinski definition) is 5. The zero-order valence-corrected chi connectivity index (χ0v) is 14.2. The summed E-state index contributed by atoms with van der Waals surface area (Å²) in [7, 11) is 0. The summed E-state index contributed by atoms with van der Waals surface area (Å²) < 4.78 is 7.33. The number of amides is 1. The number of pyridine rings is 1. The number of thioether (sulfide) groups is 1. The minimum absolute atomic E-state index is 0.125. The molecule has 3 heterocycles. The van der Waals surface area contributed by atoms with E-state index in [0.717, 1.165) is 21.7 Å². The summed E-state index contributed by atoms with van der Waals surface area (Å²) in [5, 5.41) is 10.2. The lowest BCUT2D eigenvalue weighted by molar-refractivity contribution is -0.134. The van der Waals surface area contributed by atoms with Crippen molar-refractivity contribution >= 4 is 34.2 Å². The Hall–Kier alpha value is -2.12. The van der Waals surface area contributed by atoms with Gasteiger partial charge in [-0.3, -0.25) is 9.20 Å². The Morgan fingerprint density at radius 3 is 2.79 bits per heavy atom. The molecule has 1 amide bonds. The van der Waals surface area contributed by atoms with Crippen molar-refractivity contribution in [3.05, 3.63) is 36.4 Å². The van der Waals surface area contributed by atoms with E-state index < -0.39 is 0 Å². The molecule has 1 aromatic carbocycles. The van der Waals surface area contributed by atoms with Gasteiger partial charge in [-0.2, -0.15) is 0 Å². The average Bonchev–Trinajstić information content (AvgIpc) is 3.05. The number of aromatic nitrogens is 3. The molecule has 1 atom stereocenters. The van der Waals surface area contributed by atoms with Crippen LogP contribution in [-0.4, -0.2) is 57.0 Å². The van der Waals surface area contributed by atoms with E-state index >= 15 is 0 Å². The van der Waals surface area contributed by atoms with Crippen LogP contribution < -0.4 is 0 Å². The van der Waals surface area contributed by atoms with Crippen LogP contribution >= 0.6 is 11.8 Å². The Morgan fingerprint density at radius 1 is 1.17 bits per heavy atom. The third-order valence-electron chi connectivity index (χ3n) is 4.20. The first-order valence-electron chi connectivity index (χ1n) is 8.00. The zero-order chi connectivity index (χ0) is 16.5. The molecule has 0 radical (unpaired) electrons. The van der Waals surface area contributed by atoms with Crippen LogP contribution in [0, 0.1) is 0 Å². The number of ether oxygens (including phenoxy) is 1. The normalized spacial score (nSPS) is 16.6. The van der Waals surface area contributed by atoms with Crippen molar-refractivity contribution in [3.8, 4) is 0 Å². The van der Waals surface area contributed by atoms with Gasteiger partial charge in [-0.05, 0) is 30.5 Å². The van der Waals surface area contributed by atoms with Crippen LogP contribution in [0.1, 0.15) is 6.92 Å². The quantitative estimate of drug-likeness (QED) is 0.683. The molecule has 1 aliphatic heterocycles. The summed E-state index contributed by atoms with van der Waals surface area (Å²) in [6, 6.07) is 12.1. The van der Waals surface area contributed by atoms with Crippen LogP contribution in [0.2, 0.25) is 0 Å². The van der Waals surface area contributed by atoms with E-state index in [0.29, 0.717) is 26.3 Å². The molecule has 7 heteroatoms. The number of hydrogen-bond donors (Lipinski definition) is 0. The predicted molar refractivity (Wildman–Crippen MR) is 93.2 cm³/mol. The monoisotopic (exact) mass is 342 g/mol. The number of para-hydroxylation sites is 1. The van der Waals surface area contributed by atoms with Gasteiger partial charge < -0.3 is 9.64 Å². The second-order valence-electron chi connectivity index (χ2n) is 5.77. The zero-order valence-electron chi connectivity index (χ0n) is 13.4. The molecule has 0 saturated carbocycles. The molecule has 6 nitrogen and oxygen atoms in total. The smallest absolute Gasteiger partial charge is 0.236 e. The first-order chi connectivity index (χ1) is 11.7. The van der Waals surface area contributed by atoms with Gasteiger partial charge in [0, 0.05) is 13.1 Å². The highest BCUT2D eigenvalue weighted by molar-refractivity contribution is 8.00. The standard InChI is InChI=1S/C17H18N4O2S/c1-12(16(22)20-8-10-23-11-9-20)24-17-19-18-15-7-6-13-4-2-3-5-14(13)21(15)17/h2-7,12H,8-11H2,1H3/t12-/m1/s1. The van der Waals surface area contributed by atoms with Crippen LogP contribution in [-0.2, 0) is 9.53 Å². The van der Waals surface area contributed by atoms with E-state index in [1.165, 1.54) is 11.8 Å². The number of benzene rings is 1. The summed E-state index contributed by atoms with van der Waals surface area (Å²) in [4.78, 5) is 14.5. The maximum Gasteiger partial charge on any atom is 0.236 e. The summed E-state index contributed by atoms with van der Waals surface area (Å²) in [5.41, 5.74) is 1.84. The van der Waals surface area contributed by atoms with Gasteiger partial charge in [0.1, 0.15) is 0 Å². The second-order valence-corrected chi connectivity index (χ2v) is 7.07. The van der Waals surface area contributed by atoms with Gasteiger partial charge in [0.15, 0.2) is 10.8 Å². The number of morpholine rings is 1. The molecule has 0 N–H and O–H groups in total. The highest BCUT2D eigenvalue weighted by Gasteiger charge is 2.25. The fraction of sp³-hybridized carbons (Fsp3) is 0.353. The van der Waals surface area contributed by atoms with Crippen molar-refractivity contribution < 1.29 is 9.53 Å². The maximum atomic E-state index is 12.6. The van der Waals surface area contributed by atoms with Crippen LogP contribution in [0.4, 0.5) is 0 Å². The van der Waals surface area contributed by atoms with Gasteiger partial charge in [-0.25, -0.2) is 0 Å². The lowest BCUT2D eigenvalue weighted by atomic mass is 10.2. The van der Waals surface area contributed by atoms with E-state index in [9.17, 15) is 4.79 Å². The fourth-order valence-corrected chi connectivity index (χ4v) is 3.89. The molecule has 1 aliphatic rings. The SMILES string of the molecule is C[C@@H](Sc1nnc2ccc3ccccc3n12)C(=O)N1CCOCC1. The van der Waals surface area contributed by atoms with Crippen LogP contribution in [0.25, 0.3) is 16.6 Å². The molecule has 2 aromatic heterocycles. The third-order valence-corrected chi connectivity index (χ3v) is 5.23. The first kappa shape index (κ1) is 15.4. The Balaban J connectivity index is 1.64. The highest BCUT2D eigenvalue weighted by Crippen LogP contribution is 2.27. The van der Waals surface area contributed by atoms with Crippen molar-refractivity contribution in [1.29, 1.82) is 0 Å². The van der Waals surface area contributed by atoms with Crippen molar-refractivity contribution in [1.82, 2.24) is 19.5 Å².